The van der Waals surface area contributed by atoms with Gasteiger partial charge in [0.15, 0.2) is 0 Å². The molecular formula is C64H119NO3S. The van der Waals surface area contributed by atoms with E-state index in [0.29, 0.717) is 5.39 Å². The topological polar surface area (TPSA) is 57.6 Å². The summed E-state index contributed by atoms with van der Waals surface area (Å²) >= 11 is 0. The van der Waals surface area contributed by atoms with Crippen molar-refractivity contribution in [3.63, 3.8) is 0 Å². The van der Waals surface area contributed by atoms with Crippen molar-refractivity contribution in [3.8, 4) is 0 Å². The lowest BCUT2D eigenvalue weighted by atomic mass is 9.93. The molecule has 0 bridgehead atoms. The molecule has 0 aliphatic carbocycles. The van der Waals surface area contributed by atoms with E-state index in [-0.39, 0.29) is 4.90 Å². The molecule has 2 aromatic carbocycles. The summed E-state index contributed by atoms with van der Waals surface area (Å²) in [7, 11) is -4.28. The van der Waals surface area contributed by atoms with Gasteiger partial charge in [-0.15, -0.1) is 0 Å². The van der Waals surface area contributed by atoms with Crippen LogP contribution in [0.4, 0.5) is 0 Å². The highest BCUT2D eigenvalue weighted by atomic mass is 32.2. The first kappa shape index (κ1) is 65.6. The lowest BCUT2D eigenvalue weighted by Crippen LogP contribution is -2.27. The average Bonchev–Trinajstić information content (AvgIpc) is 3.34. The molecule has 0 radical (unpaired) electrons. The highest BCUT2D eigenvalue weighted by Gasteiger charge is 2.22. The molecule has 0 heterocycles. The van der Waals surface area contributed by atoms with Crippen LogP contribution < -0.4 is 0 Å². The van der Waals surface area contributed by atoms with Gasteiger partial charge in [-0.25, -0.2) is 0 Å². The summed E-state index contributed by atoms with van der Waals surface area (Å²) in [4.78, 5) is 3.00. The normalized spacial score (nSPS) is 11.8. The Morgan fingerprint density at radius 3 is 0.957 bits per heavy atom. The fourth-order valence-corrected chi connectivity index (χ4v) is 11.5. The third kappa shape index (κ3) is 37.9. The molecular weight excluding hydrogens is 863 g/mol. The molecule has 0 atom stereocenters. The Kier molecular flexibility index (Phi) is 46.4. The van der Waals surface area contributed by atoms with E-state index in [1.807, 2.05) is 24.3 Å². The minimum absolute atomic E-state index is 0.152. The van der Waals surface area contributed by atoms with Crippen molar-refractivity contribution in [2.45, 2.75) is 335 Å². The largest absolute Gasteiger partial charge is 0.303 e. The van der Waals surface area contributed by atoms with Gasteiger partial charge in [0.2, 0.25) is 0 Å². The Balaban J connectivity index is 0.000000696. The zero-order valence-electron chi connectivity index (χ0n) is 47.2. The highest BCUT2D eigenvalue weighted by Crippen LogP contribution is 2.33. The molecule has 4 nitrogen and oxygen atoms in total. The van der Waals surface area contributed by atoms with Gasteiger partial charge in [0.05, 0.1) is 0 Å². The SMILES string of the molecule is CCCCCCCCCCCCN(CCCCCCCCCCCC)CCCCCCCCCCCC.CCCCCCCCCc1cc2ccccc2c(S(=O)(=O)O)c1CCCCCCCCC. The van der Waals surface area contributed by atoms with Gasteiger partial charge in [0, 0.05) is 5.39 Å². The molecule has 1 N–H and O–H groups in total. The van der Waals surface area contributed by atoms with Gasteiger partial charge >= 0.3 is 0 Å². The Labute approximate surface area is 432 Å². The third-order valence-corrected chi connectivity index (χ3v) is 16.0. The maximum atomic E-state index is 12.5. The van der Waals surface area contributed by atoms with Crippen LogP contribution in [0.1, 0.15) is 328 Å². The molecule has 5 heteroatoms. The van der Waals surface area contributed by atoms with Gasteiger partial charge in [0.1, 0.15) is 4.90 Å². The number of benzene rings is 2. The van der Waals surface area contributed by atoms with Crippen LogP contribution in [-0.2, 0) is 23.0 Å². The van der Waals surface area contributed by atoms with Gasteiger partial charge in [-0.2, -0.15) is 8.42 Å². The summed E-state index contributed by atoms with van der Waals surface area (Å²) in [6, 6.07) is 9.73. The Hall–Kier alpha value is -1.43. The maximum absolute atomic E-state index is 12.5. The molecule has 2 aromatic rings. The second-order valence-electron chi connectivity index (χ2n) is 21.7. The number of rotatable bonds is 50. The van der Waals surface area contributed by atoms with Crippen molar-refractivity contribution in [2.75, 3.05) is 19.6 Å². The van der Waals surface area contributed by atoms with Crippen molar-refractivity contribution in [1.29, 1.82) is 0 Å². The number of nitrogens with zero attached hydrogens (tertiary/aromatic N) is 1. The highest BCUT2D eigenvalue weighted by molar-refractivity contribution is 7.86. The summed E-state index contributed by atoms with van der Waals surface area (Å²) in [6.07, 6.45) is 62.2. The van der Waals surface area contributed by atoms with E-state index in [0.717, 1.165) is 48.6 Å². The summed E-state index contributed by atoms with van der Waals surface area (Å²) in [5.41, 5.74) is 1.96. The van der Waals surface area contributed by atoms with Crippen LogP contribution >= 0.6 is 0 Å². The average molecular weight is 983 g/mol. The first-order chi connectivity index (χ1) is 33.8. The summed E-state index contributed by atoms with van der Waals surface area (Å²) in [6.45, 7) is 15.5. The van der Waals surface area contributed by atoms with E-state index in [9.17, 15) is 13.0 Å². The molecule has 0 unspecified atom stereocenters. The van der Waals surface area contributed by atoms with E-state index in [2.05, 4.69) is 45.6 Å². The molecule has 0 saturated heterocycles. The molecule has 0 amide bonds. The molecule has 0 aliphatic heterocycles. The zero-order valence-corrected chi connectivity index (χ0v) is 48.0. The van der Waals surface area contributed by atoms with E-state index in [4.69, 9.17) is 0 Å². The molecule has 404 valence electrons. The first-order valence-corrected chi connectivity index (χ1v) is 32.5. The van der Waals surface area contributed by atoms with Crippen LogP contribution in [-0.4, -0.2) is 37.5 Å². The predicted molar refractivity (Wildman–Crippen MR) is 309 cm³/mol. The number of fused-ring (bicyclic) bond motifs is 1. The lowest BCUT2D eigenvalue weighted by Gasteiger charge is -2.22. The fraction of sp³-hybridized carbons (Fsp3) is 0.844. The number of unbranched alkanes of at least 4 members (excludes halogenated alkanes) is 39. The minimum atomic E-state index is -4.28. The summed E-state index contributed by atoms with van der Waals surface area (Å²) in [5, 5.41) is 1.55. The Morgan fingerprint density at radius 1 is 0.362 bits per heavy atom. The molecule has 0 fully saturated rings. The van der Waals surface area contributed by atoms with Gasteiger partial charge in [-0.3, -0.25) is 4.55 Å². The van der Waals surface area contributed by atoms with E-state index in [1.54, 1.807) is 0 Å². The van der Waals surface area contributed by atoms with Crippen LogP contribution in [0.25, 0.3) is 10.8 Å². The summed E-state index contributed by atoms with van der Waals surface area (Å²) < 4.78 is 35.1. The van der Waals surface area contributed by atoms with Crippen molar-refractivity contribution in [1.82, 2.24) is 4.90 Å². The van der Waals surface area contributed by atoms with Crippen molar-refractivity contribution in [3.05, 3.63) is 41.5 Å². The lowest BCUT2D eigenvalue weighted by molar-refractivity contribution is 0.254. The molecule has 2 rings (SSSR count). The Bertz CT molecular complexity index is 1430. The fourth-order valence-electron chi connectivity index (χ4n) is 10.5. The molecule has 0 aromatic heterocycles. The molecule has 0 aliphatic rings. The van der Waals surface area contributed by atoms with Crippen molar-refractivity contribution >= 4 is 20.9 Å². The second-order valence-corrected chi connectivity index (χ2v) is 23.0. The first-order valence-electron chi connectivity index (χ1n) is 31.1. The number of hydrogen-bond acceptors (Lipinski definition) is 3. The third-order valence-electron chi connectivity index (χ3n) is 15.0. The number of aryl methyl sites for hydroxylation is 1. The zero-order chi connectivity index (χ0) is 50.1. The van der Waals surface area contributed by atoms with Crippen LogP contribution in [0.2, 0.25) is 0 Å². The predicted octanol–water partition coefficient (Wildman–Crippen LogP) is 21.7. The standard InChI is InChI=1S/C36H75N.C28H44O3S/c1-4-7-10-13-16-19-22-25-28-31-34-37(35-32-29-26-23-20-17-14-11-8-5-2)36-33-30-27-24-21-18-15-12-9-6-3;1-3-5-7-9-11-13-15-19-24-23-25-20-17-18-22-27(25)28(32(29,30)31)26(24)21-16-14-12-10-8-6-4-2/h4-36H2,1-3H3;17-18,20,22-23H,3-16,19,21H2,1-2H3,(H,29,30,31). The minimum Gasteiger partial charge on any atom is -0.303 e. The molecule has 69 heavy (non-hydrogen) atoms. The molecule has 0 spiro atoms. The van der Waals surface area contributed by atoms with E-state index in [1.165, 1.54) is 283 Å². The van der Waals surface area contributed by atoms with E-state index < -0.39 is 10.1 Å². The van der Waals surface area contributed by atoms with Crippen molar-refractivity contribution < 1.29 is 13.0 Å². The smallest absolute Gasteiger partial charge is 0.295 e. The summed E-state index contributed by atoms with van der Waals surface area (Å²) in [5.74, 6) is 0. The second kappa shape index (κ2) is 48.8. The van der Waals surface area contributed by atoms with Crippen LogP contribution in [0.15, 0.2) is 35.2 Å². The van der Waals surface area contributed by atoms with Gasteiger partial charge in [-0.1, -0.05) is 315 Å². The van der Waals surface area contributed by atoms with Gasteiger partial charge in [0.25, 0.3) is 10.1 Å². The van der Waals surface area contributed by atoms with Gasteiger partial charge < -0.3 is 4.90 Å². The van der Waals surface area contributed by atoms with Crippen LogP contribution in [0.3, 0.4) is 0 Å². The van der Waals surface area contributed by atoms with Gasteiger partial charge in [-0.05, 0) is 81.1 Å². The quantitative estimate of drug-likeness (QED) is 0.0530. The Morgan fingerprint density at radius 2 is 0.638 bits per heavy atom. The van der Waals surface area contributed by atoms with Crippen molar-refractivity contribution in [2.24, 2.45) is 0 Å². The number of hydrogen-bond donors (Lipinski definition) is 1. The molecule has 0 saturated carbocycles. The maximum Gasteiger partial charge on any atom is 0.295 e. The monoisotopic (exact) mass is 982 g/mol. The van der Waals surface area contributed by atoms with Crippen LogP contribution in [0, 0.1) is 0 Å². The van der Waals surface area contributed by atoms with E-state index >= 15 is 0 Å². The van der Waals surface area contributed by atoms with Crippen LogP contribution in [0.5, 0.6) is 0 Å².